The Kier molecular flexibility index (Phi) is 4.23. The number of carbonyl (C=O) groups is 2. The van der Waals surface area contributed by atoms with Crippen molar-refractivity contribution in [1.29, 1.82) is 0 Å². The molecule has 0 radical (unpaired) electrons. The van der Waals surface area contributed by atoms with Gasteiger partial charge in [0.15, 0.2) is 0 Å². The Balaban J connectivity index is 1.76. The van der Waals surface area contributed by atoms with Crippen molar-refractivity contribution in [2.24, 2.45) is 5.10 Å². The van der Waals surface area contributed by atoms with Crippen molar-refractivity contribution < 1.29 is 14.0 Å². The van der Waals surface area contributed by atoms with Crippen LogP contribution in [0.1, 0.15) is 24.2 Å². The van der Waals surface area contributed by atoms with Gasteiger partial charge >= 0.3 is 0 Å². The Morgan fingerprint density at radius 3 is 2.83 bits per heavy atom. The normalized spacial score (nSPS) is 14.6. The van der Waals surface area contributed by atoms with Crippen molar-refractivity contribution in [3.8, 4) is 0 Å². The summed E-state index contributed by atoms with van der Waals surface area (Å²) in [5, 5.41) is 8.33. The van der Waals surface area contributed by atoms with Crippen molar-refractivity contribution in [2.75, 3.05) is 5.01 Å². The van der Waals surface area contributed by atoms with E-state index in [1.54, 1.807) is 18.4 Å². The third kappa shape index (κ3) is 3.31. The number of aryl methyl sites for hydroxylation is 1. The molecule has 2 amide bonds. The maximum absolute atomic E-state index is 12.2. The summed E-state index contributed by atoms with van der Waals surface area (Å²) in [6, 6.07) is 11.0. The average Bonchev–Trinajstić information content (AvgIpc) is 3.07. The van der Waals surface area contributed by atoms with E-state index in [-0.39, 0.29) is 18.2 Å². The van der Waals surface area contributed by atoms with E-state index in [0.717, 1.165) is 5.56 Å². The number of nitrogens with zero attached hydrogens (tertiary/aromatic N) is 2. The number of rotatable bonds is 4. The van der Waals surface area contributed by atoms with Gasteiger partial charge in [-0.15, -0.1) is 0 Å². The number of amides is 2. The van der Waals surface area contributed by atoms with Gasteiger partial charge in [-0.05, 0) is 30.7 Å². The van der Waals surface area contributed by atoms with E-state index in [4.69, 9.17) is 4.42 Å². The van der Waals surface area contributed by atoms with E-state index in [1.807, 2.05) is 31.2 Å². The van der Waals surface area contributed by atoms with E-state index >= 15 is 0 Å². The van der Waals surface area contributed by atoms with Gasteiger partial charge in [-0.2, -0.15) is 5.10 Å². The maximum atomic E-state index is 12.2. The highest BCUT2D eigenvalue weighted by Crippen LogP contribution is 2.23. The number of hydrogen-bond donors (Lipinski definition) is 1. The molecule has 6 nitrogen and oxygen atoms in total. The van der Waals surface area contributed by atoms with E-state index in [1.165, 1.54) is 5.01 Å². The number of hydrogen-bond acceptors (Lipinski definition) is 4. The lowest BCUT2D eigenvalue weighted by molar-refractivity contribution is -0.119. The predicted molar refractivity (Wildman–Crippen MR) is 85.9 cm³/mol. The molecule has 3 rings (SSSR count). The molecular formula is C17H17N3O3. The van der Waals surface area contributed by atoms with Crippen molar-refractivity contribution >= 4 is 23.2 Å². The van der Waals surface area contributed by atoms with Gasteiger partial charge in [0.1, 0.15) is 11.5 Å². The third-order valence-electron chi connectivity index (χ3n) is 3.64. The number of anilines is 1. The molecule has 1 aliphatic heterocycles. The SMILES string of the molecule is Cc1ccccc1N1N=C(C(=O)NCc2ccco2)CCC1=O. The topological polar surface area (TPSA) is 74.9 Å². The molecule has 1 aromatic heterocycles. The number of benzene rings is 1. The van der Waals surface area contributed by atoms with E-state index < -0.39 is 0 Å². The van der Waals surface area contributed by atoms with Gasteiger partial charge in [-0.1, -0.05) is 18.2 Å². The molecule has 0 unspecified atom stereocenters. The molecule has 1 aliphatic rings. The fourth-order valence-corrected chi connectivity index (χ4v) is 2.39. The minimum atomic E-state index is -0.285. The lowest BCUT2D eigenvalue weighted by Gasteiger charge is -2.24. The smallest absolute Gasteiger partial charge is 0.267 e. The van der Waals surface area contributed by atoms with Crippen molar-refractivity contribution in [2.45, 2.75) is 26.3 Å². The van der Waals surface area contributed by atoms with Crippen LogP contribution < -0.4 is 10.3 Å². The summed E-state index contributed by atoms with van der Waals surface area (Å²) < 4.78 is 5.18. The quantitative estimate of drug-likeness (QED) is 0.942. The Hall–Kier alpha value is -2.89. The van der Waals surface area contributed by atoms with Crippen LogP contribution in [0, 0.1) is 6.92 Å². The summed E-state index contributed by atoms with van der Waals surface area (Å²) in [6.07, 6.45) is 2.16. The second-order valence-corrected chi connectivity index (χ2v) is 5.30. The summed E-state index contributed by atoms with van der Waals surface area (Å²) >= 11 is 0. The van der Waals surface area contributed by atoms with Gasteiger partial charge in [-0.25, -0.2) is 5.01 Å². The average molecular weight is 311 g/mol. The van der Waals surface area contributed by atoms with Gasteiger partial charge < -0.3 is 9.73 Å². The third-order valence-corrected chi connectivity index (χ3v) is 3.64. The summed E-state index contributed by atoms with van der Waals surface area (Å²) in [4.78, 5) is 24.4. The van der Waals surface area contributed by atoms with Crippen LogP contribution >= 0.6 is 0 Å². The highest BCUT2D eigenvalue weighted by Gasteiger charge is 2.26. The van der Waals surface area contributed by atoms with Crippen LogP contribution in [-0.4, -0.2) is 17.5 Å². The van der Waals surface area contributed by atoms with Crippen molar-refractivity contribution in [3.05, 3.63) is 54.0 Å². The highest BCUT2D eigenvalue weighted by atomic mass is 16.3. The fraction of sp³-hybridized carbons (Fsp3) is 0.235. The molecule has 2 heterocycles. The molecule has 0 atom stereocenters. The maximum Gasteiger partial charge on any atom is 0.267 e. The Morgan fingerprint density at radius 1 is 1.26 bits per heavy atom. The molecule has 1 aromatic carbocycles. The summed E-state index contributed by atoms with van der Waals surface area (Å²) in [5.41, 5.74) is 1.98. The first kappa shape index (κ1) is 15.0. The monoisotopic (exact) mass is 311 g/mol. The fourth-order valence-electron chi connectivity index (χ4n) is 2.39. The molecule has 118 valence electrons. The predicted octanol–water partition coefficient (Wildman–Crippen LogP) is 2.39. The molecule has 0 spiro atoms. The second kappa shape index (κ2) is 6.48. The first-order valence-electron chi connectivity index (χ1n) is 7.42. The Morgan fingerprint density at radius 2 is 2.09 bits per heavy atom. The molecule has 0 bridgehead atoms. The number of hydrazone groups is 1. The zero-order valence-electron chi connectivity index (χ0n) is 12.8. The van der Waals surface area contributed by atoms with E-state index in [9.17, 15) is 9.59 Å². The first-order valence-corrected chi connectivity index (χ1v) is 7.42. The first-order chi connectivity index (χ1) is 11.1. The van der Waals surface area contributed by atoms with Crippen LogP contribution in [0.25, 0.3) is 0 Å². The molecule has 23 heavy (non-hydrogen) atoms. The van der Waals surface area contributed by atoms with Gasteiger partial charge in [-0.3, -0.25) is 9.59 Å². The van der Waals surface area contributed by atoms with Crippen LogP contribution in [0.5, 0.6) is 0 Å². The molecule has 6 heteroatoms. The number of nitrogens with one attached hydrogen (secondary N) is 1. The highest BCUT2D eigenvalue weighted by molar-refractivity contribution is 6.40. The number of para-hydroxylation sites is 1. The molecule has 2 aromatic rings. The van der Waals surface area contributed by atoms with Crippen LogP contribution in [0.4, 0.5) is 5.69 Å². The summed E-state index contributed by atoms with van der Waals surface area (Å²) in [5.74, 6) is 0.274. The van der Waals surface area contributed by atoms with Gasteiger partial charge in [0, 0.05) is 12.8 Å². The van der Waals surface area contributed by atoms with Crippen molar-refractivity contribution in [3.63, 3.8) is 0 Å². The van der Waals surface area contributed by atoms with Gasteiger partial charge in [0.25, 0.3) is 5.91 Å². The van der Waals surface area contributed by atoms with Gasteiger partial charge in [0.2, 0.25) is 5.91 Å². The van der Waals surface area contributed by atoms with E-state index in [2.05, 4.69) is 10.4 Å². The minimum Gasteiger partial charge on any atom is -0.467 e. The van der Waals surface area contributed by atoms with Crippen LogP contribution in [0.2, 0.25) is 0 Å². The van der Waals surface area contributed by atoms with Crippen LogP contribution in [0.3, 0.4) is 0 Å². The summed E-state index contributed by atoms with van der Waals surface area (Å²) in [7, 11) is 0. The zero-order valence-corrected chi connectivity index (χ0v) is 12.8. The molecule has 0 aliphatic carbocycles. The van der Waals surface area contributed by atoms with Crippen LogP contribution in [-0.2, 0) is 16.1 Å². The second-order valence-electron chi connectivity index (χ2n) is 5.30. The number of furan rings is 1. The lowest BCUT2D eigenvalue weighted by atomic mass is 10.1. The molecule has 1 N–H and O–H groups in total. The van der Waals surface area contributed by atoms with Gasteiger partial charge in [0.05, 0.1) is 18.5 Å². The summed E-state index contributed by atoms with van der Waals surface area (Å²) in [6.45, 7) is 2.20. The minimum absolute atomic E-state index is 0.109. The Bertz CT molecular complexity index is 750. The lowest BCUT2D eigenvalue weighted by Crippen LogP contribution is -2.39. The van der Waals surface area contributed by atoms with Crippen molar-refractivity contribution in [1.82, 2.24) is 5.32 Å². The molecule has 0 saturated heterocycles. The molecular weight excluding hydrogens is 294 g/mol. The number of carbonyl (C=O) groups excluding carboxylic acids is 2. The van der Waals surface area contributed by atoms with Crippen LogP contribution in [0.15, 0.2) is 52.2 Å². The Labute approximate surface area is 133 Å². The standard InChI is InChI=1S/C17H17N3O3/c1-12-5-2-3-7-15(12)20-16(21)9-8-14(19-20)17(22)18-11-13-6-4-10-23-13/h2-7,10H,8-9,11H2,1H3,(H,18,22). The largest absolute Gasteiger partial charge is 0.467 e. The molecule has 0 saturated carbocycles. The molecule has 0 fully saturated rings. The zero-order chi connectivity index (χ0) is 16.2. The van der Waals surface area contributed by atoms with E-state index in [0.29, 0.717) is 30.1 Å².